The summed E-state index contributed by atoms with van der Waals surface area (Å²) >= 11 is 0. The first kappa shape index (κ1) is 20.1. The highest BCUT2D eigenvalue weighted by molar-refractivity contribution is 5.96. The Morgan fingerprint density at radius 1 is 0.862 bits per heavy atom. The maximum atomic E-state index is 12.3. The van der Waals surface area contributed by atoms with Crippen molar-refractivity contribution in [1.82, 2.24) is 0 Å². The molecule has 0 spiro atoms. The zero-order chi connectivity index (χ0) is 20.6. The Morgan fingerprint density at radius 3 is 2.21 bits per heavy atom. The molecule has 0 aliphatic carbocycles. The zero-order valence-corrected chi connectivity index (χ0v) is 16.6. The maximum absolute atomic E-state index is 12.3. The van der Waals surface area contributed by atoms with E-state index in [1.54, 1.807) is 12.1 Å². The van der Waals surface area contributed by atoms with Gasteiger partial charge in [-0.2, -0.15) is 0 Å². The van der Waals surface area contributed by atoms with Crippen molar-refractivity contribution in [2.75, 3.05) is 30.9 Å². The number of ether oxygens (including phenoxy) is 1. The van der Waals surface area contributed by atoms with Crippen LogP contribution in [0.25, 0.3) is 0 Å². The fourth-order valence-corrected chi connectivity index (χ4v) is 2.91. The molecule has 0 aliphatic rings. The molecule has 1 amide bonds. The highest BCUT2D eigenvalue weighted by Gasteiger charge is 2.12. The molecular weight excluding hydrogens is 364 g/mol. The Bertz CT molecular complexity index is 967. The van der Waals surface area contributed by atoms with Gasteiger partial charge in [-0.1, -0.05) is 48.5 Å². The lowest BCUT2D eigenvalue weighted by Gasteiger charge is -2.13. The van der Waals surface area contributed by atoms with Gasteiger partial charge in [0.05, 0.1) is 5.56 Å². The van der Waals surface area contributed by atoms with Crippen molar-refractivity contribution in [2.24, 2.45) is 0 Å². The minimum atomic E-state index is -0.525. The highest BCUT2D eigenvalue weighted by atomic mass is 16.5. The summed E-state index contributed by atoms with van der Waals surface area (Å²) in [6.07, 6.45) is 0.704. The largest absolute Gasteiger partial charge is 0.452 e. The molecular formula is C24H24N2O3. The number of esters is 1. The number of nitrogens with one attached hydrogen (secondary N) is 1. The molecule has 148 valence electrons. The molecule has 1 N–H and O–H groups in total. The van der Waals surface area contributed by atoms with Gasteiger partial charge in [0.15, 0.2) is 6.61 Å². The Balaban J connectivity index is 1.57. The van der Waals surface area contributed by atoms with Crippen LogP contribution in [0.1, 0.15) is 21.5 Å². The summed E-state index contributed by atoms with van der Waals surface area (Å²) in [5.41, 5.74) is 4.26. The summed E-state index contributed by atoms with van der Waals surface area (Å²) in [7, 11) is 3.85. The molecule has 5 heteroatoms. The first-order valence-electron chi connectivity index (χ1n) is 9.39. The molecule has 3 aromatic rings. The average Bonchev–Trinajstić information content (AvgIpc) is 2.74. The van der Waals surface area contributed by atoms with E-state index in [1.807, 2.05) is 85.7 Å². The maximum Gasteiger partial charge on any atom is 0.338 e. The van der Waals surface area contributed by atoms with Gasteiger partial charge in [-0.15, -0.1) is 0 Å². The minimum Gasteiger partial charge on any atom is -0.452 e. The van der Waals surface area contributed by atoms with E-state index in [-0.39, 0.29) is 12.5 Å². The summed E-state index contributed by atoms with van der Waals surface area (Å²) in [5.74, 6) is -0.896. The van der Waals surface area contributed by atoms with Gasteiger partial charge in [-0.3, -0.25) is 4.79 Å². The number of benzene rings is 3. The van der Waals surface area contributed by atoms with Gasteiger partial charge >= 0.3 is 5.97 Å². The molecule has 3 rings (SSSR count). The zero-order valence-electron chi connectivity index (χ0n) is 16.6. The van der Waals surface area contributed by atoms with Crippen molar-refractivity contribution < 1.29 is 14.3 Å². The molecule has 0 saturated carbocycles. The van der Waals surface area contributed by atoms with Crippen LogP contribution < -0.4 is 10.2 Å². The first-order valence-corrected chi connectivity index (χ1v) is 9.39. The van der Waals surface area contributed by atoms with Crippen LogP contribution in [0.5, 0.6) is 0 Å². The second-order valence-electron chi connectivity index (χ2n) is 6.89. The third-order valence-electron chi connectivity index (χ3n) is 4.48. The van der Waals surface area contributed by atoms with Crippen LogP contribution in [-0.4, -0.2) is 32.6 Å². The molecule has 0 aliphatic heterocycles. The van der Waals surface area contributed by atoms with E-state index in [0.29, 0.717) is 17.7 Å². The summed E-state index contributed by atoms with van der Waals surface area (Å²) in [6.45, 7) is -0.339. The Labute approximate surface area is 170 Å². The SMILES string of the molecule is CN(C)c1ccc(C(=O)OCC(=O)Nc2ccccc2Cc2ccccc2)cc1. The number of nitrogens with zero attached hydrogens (tertiary/aromatic N) is 1. The number of hydrogen-bond acceptors (Lipinski definition) is 4. The molecule has 0 unspecified atom stereocenters. The Kier molecular flexibility index (Phi) is 6.63. The van der Waals surface area contributed by atoms with Gasteiger partial charge in [0, 0.05) is 25.5 Å². The van der Waals surface area contributed by atoms with Gasteiger partial charge in [-0.25, -0.2) is 4.79 Å². The van der Waals surface area contributed by atoms with Gasteiger partial charge in [0.2, 0.25) is 0 Å². The van der Waals surface area contributed by atoms with Crippen LogP contribution in [0.15, 0.2) is 78.9 Å². The number of hydrogen-bond donors (Lipinski definition) is 1. The van der Waals surface area contributed by atoms with Crippen molar-refractivity contribution in [3.05, 3.63) is 95.6 Å². The molecule has 0 radical (unpaired) electrons. The molecule has 0 fully saturated rings. The summed E-state index contributed by atoms with van der Waals surface area (Å²) < 4.78 is 5.16. The van der Waals surface area contributed by atoms with Crippen LogP contribution in [0.2, 0.25) is 0 Å². The Morgan fingerprint density at radius 2 is 1.52 bits per heavy atom. The number of para-hydroxylation sites is 1. The van der Waals surface area contributed by atoms with Crippen LogP contribution in [0.3, 0.4) is 0 Å². The fraction of sp³-hybridized carbons (Fsp3) is 0.167. The Hall–Kier alpha value is -3.60. The molecule has 3 aromatic carbocycles. The molecule has 5 nitrogen and oxygen atoms in total. The van der Waals surface area contributed by atoms with Crippen molar-refractivity contribution >= 4 is 23.3 Å². The lowest BCUT2D eigenvalue weighted by molar-refractivity contribution is -0.119. The van der Waals surface area contributed by atoms with Gasteiger partial charge in [-0.05, 0) is 47.9 Å². The second kappa shape index (κ2) is 9.55. The summed E-state index contributed by atoms with van der Waals surface area (Å²) in [4.78, 5) is 26.4. The molecule has 0 heterocycles. The van der Waals surface area contributed by atoms with Crippen molar-refractivity contribution in [2.45, 2.75) is 6.42 Å². The predicted molar refractivity (Wildman–Crippen MR) is 115 cm³/mol. The van der Waals surface area contributed by atoms with E-state index in [0.717, 1.165) is 16.8 Å². The summed E-state index contributed by atoms with van der Waals surface area (Å²) in [6, 6.07) is 24.7. The van der Waals surface area contributed by atoms with Gasteiger partial charge in [0.25, 0.3) is 5.91 Å². The summed E-state index contributed by atoms with van der Waals surface area (Å²) in [5, 5.41) is 2.84. The number of anilines is 2. The third-order valence-corrected chi connectivity index (χ3v) is 4.48. The second-order valence-corrected chi connectivity index (χ2v) is 6.89. The van der Waals surface area contributed by atoms with Gasteiger partial charge in [0.1, 0.15) is 0 Å². The molecule has 0 saturated heterocycles. The van der Waals surface area contributed by atoms with Crippen LogP contribution >= 0.6 is 0 Å². The number of rotatable bonds is 7. The van der Waals surface area contributed by atoms with Crippen LogP contribution in [0.4, 0.5) is 11.4 Å². The van der Waals surface area contributed by atoms with E-state index in [1.165, 1.54) is 0 Å². The van der Waals surface area contributed by atoms with Crippen LogP contribution in [0, 0.1) is 0 Å². The van der Waals surface area contributed by atoms with Crippen molar-refractivity contribution in [1.29, 1.82) is 0 Å². The van der Waals surface area contributed by atoms with E-state index >= 15 is 0 Å². The van der Waals surface area contributed by atoms with Gasteiger partial charge < -0.3 is 15.0 Å². The van der Waals surface area contributed by atoms with Crippen LogP contribution in [-0.2, 0) is 16.0 Å². The lowest BCUT2D eigenvalue weighted by atomic mass is 10.0. The first-order chi connectivity index (χ1) is 14.0. The standard InChI is InChI=1S/C24H24N2O3/c1-26(2)21-14-12-19(13-15-21)24(28)29-17-23(27)25-22-11-7-6-10-20(22)16-18-8-4-3-5-9-18/h3-15H,16-17H2,1-2H3,(H,25,27). The van der Waals surface area contributed by atoms with E-state index < -0.39 is 5.97 Å². The molecule has 0 atom stereocenters. The smallest absolute Gasteiger partial charge is 0.338 e. The molecule has 0 aromatic heterocycles. The van der Waals surface area contributed by atoms with Crippen molar-refractivity contribution in [3.8, 4) is 0 Å². The van der Waals surface area contributed by atoms with E-state index in [9.17, 15) is 9.59 Å². The quantitative estimate of drug-likeness (QED) is 0.618. The molecule has 0 bridgehead atoms. The average molecular weight is 388 g/mol. The number of carbonyl (C=O) groups excluding carboxylic acids is 2. The number of amides is 1. The lowest BCUT2D eigenvalue weighted by Crippen LogP contribution is -2.21. The monoisotopic (exact) mass is 388 g/mol. The minimum absolute atomic E-state index is 0.339. The third kappa shape index (κ3) is 5.69. The molecule has 29 heavy (non-hydrogen) atoms. The highest BCUT2D eigenvalue weighted by Crippen LogP contribution is 2.19. The number of carbonyl (C=O) groups is 2. The topological polar surface area (TPSA) is 58.6 Å². The van der Waals surface area contributed by atoms with E-state index in [4.69, 9.17) is 4.74 Å². The predicted octanol–water partition coefficient (Wildman–Crippen LogP) is 4.14. The normalized spacial score (nSPS) is 10.3. The van der Waals surface area contributed by atoms with Crippen molar-refractivity contribution in [3.63, 3.8) is 0 Å². The van der Waals surface area contributed by atoms with E-state index in [2.05, 4.69) is 5.32 Å². The fourth-order valence-electron chi connectivity index (χ4n) is 2.91.